The zero-order valence-electron chi connectivity index (χ0n) is 14.6. The van der Waals surface area contributed by atoms with Gasteiger partial charge in [-0.05, 0) is 67.9 Å². The van der Waals surface area contributed by atoms with Gasteiger partial charge in [0.1, 0.15) is 5.78 Å². The van der Waals surface area contributed by atoms with Crippen LogP contribution in [0.1, 0.15) is 59.3 Å². The van der Waals surface area contributed by atoms with Crippen LogP contribution in [0.5, 0.6) is 0 Å². The minimum Gasteiger partial charge on any atom is -0.299 e. The molecule has 0 aliphatic heterocycles. The molecule has 0 radical (unpaired) electrons. The second-order valence-electron chi connectivity index (χ2n) is 8.75. The van der Waals surface area contributed by atoms with E-state index in [-0.39, 0.29) is 16.6 Å². The fourth-order valence-electron chi connectivity index (χ4n) is 6.58. The lowest BCUT2D eigenvalue weighted by Gasteiger charge is -2.57. The summed E-state index contributed by atoms with van der Waals surface area (Å²) < 4.78 is 0. The molecule has 2 nitrogen and oxygen atoms in total. The van der Waals surface area contributed by atoms with Gasteiger partial charge in [0.05, 0.1) is 0 Å². The molecule has 4 aliphatic carbocycles. The predicted molar refractivity (Wildman–Crippen MR) is 90.8 cm³/mol. The number of carbonyl (C=O) groups excluding carboxylic acids is 2. The van der Waals surface area contributed by atoms with Crippen LogP contribution in [0.3, 0.4) is 0 Å². The van der Waals surface area contributed by atoms with E-state index in [2.05, 4.69) is 26.8 Å². The highest BCUT2D eigenvalue weighted by Crippen LogP contribution is 2.64. The third-order valence-corrected chi connectivity index (χ3v) is 7.92. The molecular weight excluding hydrogens is 284 g/mol. The van der Waals surface area contributed by atoms with Crippen molar-refractivity contribution in [2.45, 2.75) is 59.3 Å². The molecule has 3 unspecified atom stereocenters. The Labute approximate surface area is 139 Å². The van der Waals surface area contributed by atoms with Gasteiger partial charge >= 0.3 is 0 Å². The van der Waals surface area contributed by atoms with E-state index in [1.54, 1.807) is 6.08 Å². The average molecular weight is 312 g/mol. The van der Waals surface area contributed by atoms with Gasteiger partial charge in [0.25, 0.3) is 0 Å². The standard InChI is InChI=1S/C21H28O2/c1-4-13-11-15-16-5-6-19(23)21(16,3)10-8-17(15)20(2)9-7-14(22)12-18(13)20/h7,9,12-13,15-17H,4-6,8,10-11H2,1-3H3/t13-,15?,16?,17?,20+,21-/m0/s1. The first-order chi connectivity index (χ1) is 10.9. The lowest BCUT2D eigenvalue weighted by atomic mass is 9.46. The highest BCUT2D eigenvalue weighted by Gasteiger charge is 2.59. The highest BCUT2D eigenvalue weighted by atomic mass is 16.1. The van der Waals surface area contributed by atoms with E-state index in [0.717, 1.165) is 32.1 Å². The Morgan fingerprint density at radius 2 is 1.96 bits per heavy atom. The lowest BCUT2D eigenvalue weighted by Crippen LogP contribution is -2.51. The Hall–Kier alpha value is -1.18. The summed E-state index contributed by atoms with van der Waals surface area (Å²) in [6, 6.07) is 0. The van der Waals surface area contributed by atoms with Crippen molar-refractivity contribution in [3.05, 3.63) is 23.8 Å². The van der Waals surface area contributed by atoms with Gasteiger partial charge in [-0.3, -0.25) is 9.59 Å². The molecule has 4 rings (SSSR count). The van der Waals surface area contributed by atoms with Crippen LogP contribution in [-0.4, -0.2) is 11.6 Å². The molecule has 0 amide bonds. The number of allylic oxidation sites excluding steroid dienone is 4. The molecule has 23 heavy (non-hydrogen) atoms. The molecule has 4 aliphatic rings. The van der Waals surface area contributed by atoms with Crippen molar-refractivity contribution < 1.29 is 9.59 Å². The molecular formula is C21H28O2. The normalized spacial score (nSPS) is 48.6. The molecule has 124 valence electrons. The van der Waals surface area contributed by atoms with Crippen LogP contribution >= 0.6 is 0 Å². The molecule has 0 bridgehead atoms. The fourth-order valence-corrected chi connectivity index (χ4v) is 6.58. The Morgan fingerprint density at radius 1 is 1.17 bits per heavy atom. The first-order valence-electron chi connectivity index (χ1n) is 9.38. The SMILES string of the molecule is CC[C@H]1CC2C(CC[C@]3(C)C(=O)CCC23)[C@@]2(C)C=CC(=O)C=C12. The van der Waals surface area contributed by atoms with Gasteiger partial charge in [0.15, 0.2) is 5.78 Å². The molecule has 0 aromatic carbocycles. The third-order valence-electron chi connectivity index (χ3n) is 7.92. The molecule has 3 saturated carbocycles. The first kappa shape index (κ1) is 15.4. The lowest BCUT2D eigenvalue weighted by molar-refractivity contribution is -0.132. The topological polar surface area (TPSA) is 34.1 Å². The van der Waals surface area contributed by atoms with Crippen LogP contribution in [0, 0.1) is 34.5 Å². The molecule has 3 fully saturated rings. The number of Topliss-reactive ketones (excluding diaryl/α,β-unsaturated/α-hetero) is 1. The third kappa shape index (κ3) is 1.93. The van der Waals surface area contributed by atoms with E-state index in [9.17, 15) is 9.59 Å². The number of carbonyl (C=O) groups is 2. The van der Waals surface area contributed by atoms with Gasteiger partial charge < -0.3 is 0 Å². The van der Waals surface area contributed by atoms with E-state index in [0.29, 0.717) is 29.5 Å². The van der Waals surface area contributed by atoms with E-state index in [4.69, 9.17) is 0 Å². The summed E-state index contributed by atoms with van der Waals surface area (Å²) in [4.78, 5) is 24.4. The summed E-state index contributed by atoms with van der Waals surface area (Å²) in [7, 11) is 0. The van der Waals surface area contributed by atoms with Gasteiger partial charge in [-0.1, -0.05) is 32.4 Å². The van der Waals surface area contributed by atoms with Crippen LogP contribution in [0.2, 0.25) is 0 Å². The Morgan fingerprint density at radius 3 is 2.70 bits per heavy atom. The van der Waals surface area contributed by atoms with Gasteiger partial charge in [-0.15, -0.1) is 0 Å². The zero-order chi connectivity index (χ0) is 16.4. The van der Waals surface area contributed by atoms with Crippen molar-refractivity contribution in [1.29, 1.82) is 0 Å². The first-order valence-corrected chi connectivity index (χ1v) is 9.38. The quantitative estimate of drug-likeness (QED) is 0.714. The summed E-state index contributed by atoms with van der Waals surface area (Å²) in [5, 5.41) is 0. The maximum Gasteiger partial charge on any atom is 0.178 e. The van der Waals surface area contributed by atoms with Gasteiger partial charge in [0.2, 0.25) is 0 Å². The number of hydrogen-bond donors (Lipinski definition) is 0. The van der Waals surface area contributed by atoms with Crippen molar-refractivity contribution in [2.75, 3.05) is 0 Å². The second-order valence-corrected chi connectivity index (χ2v) is 8.75. The van der Waals surface area contributed by atoms with Gasteiger partial charge in [0, 0.05) is 17.3 Å². The number of hydrogen-bond acceptors (Lipinski definition) is 2. The van der Waals surface area contributed by atoms with Crippen molar-refractivity contribution in [1.82, 2.24) is 0 Å². The zero-order valence-corrected chi connectivity index (χ0v) is 14.6. The predicted octanol–water partition coefficient (Wildman–Crippen LogP) is 4.50. The van der Waals surface area contributed by atoms with E-state index >= 15 is 0 Å². The fraction of sp³-hybridized carbons (Fsp3) is 0.714. The van der Waals surface area contributed by atoms with Crippen LogP contribution in [0.25, 0.3) is 0 Å². The van der Waals surface area contributed by atoms with Crippen molar-refractivity contribution >= 4 is 11.6 Å². The molecule has 6 atom stereocenters. The van der Waals surface area contributed by atoms with E-state index in [1.807, 2.05) is 6.08 Å². The largest absolute Gasteiger partial charge is 0.299 e. The molecule has 0 N–H and O–H groups in total. The smallest absolute Gasteiger partial charge is 0.178 e. The maximum atomic E-state index is 12.5. The van der Waals surface area contributed by atoms with Crippen molar-refractivity contribution in [3.63, 3.8) is 0 Å². The highest BCUT2D eigenvalue weighted by molar-refractivity contribution is 6.01. The molecule has 0 heterocycles. The van der Waals surface area contributed by atoms with Crippen molar-refractivity contribution in [2.24, 2.45) is 34.5 Å². The molecule has 0 aromatic heterocycles. The number of ketones is 2. The minimum absolute atomic E-state index is 0.0322. The monoisotopic (exact) mass is 312 g/mol. The maximum absolute atomic E-state index is 12.5. The van der Waals surface area contributed by atoms with Crippen LogP contribution in [0.15, 0.2) is 23.8 Å². The van der Waals surface area contributed by atoms with E-state index in [1.165, 1.54) is 12.0 Å². The minimum atomic E-state index is -0.0642. The molecule has 2 heteroatoms. The van der Waals surface area contributed by atoms with Crippen molar-refractivity contribution in [3.8, 4) is 0 Å². The van der Waals surface area contributed by atoms with Gasteiger partial charge in [-0.2, -0.15) is 0 Å². The Bertz CT molecular complexity index is 628. The second kappa shape index (κ2) is 4.91. The summed E-state index contributed by atoms with van der Waals surface area (Å²) in [6.07, 6.45) is 12.2. The van der Waals surface area contributed by atoms with Crippen LogP contribution in [0.4, 0.5) is 0 Å². The van der Waals surface area contributed by atoms with Gasteiger partial charge in [-0.25, -0.2) is 0 Å². The molecule has 0 spiro atoms. The summed E-state index contributed by atoms with van der Waals surface area (Å²) in [6.45, 7) is 6.83. The Balaban J connectivity index is 1.77. The molecule has 0 saturated heterocycles. The molecule has 0 aromatic rings. The number of rotatable bonds is 1. The van der Waals surface area contributed by atoms with Crippen LogP contribution in [-0.2, 0) is 9.59 Å². The summed E-state index contributed by atoms with van der Waals surface area (Å²) in [5.74, 6) is 2.98. The Kier molecular flexibility index (Phi) is 3.28. The van der Waals surface area contributed by atoms with Crippen LogP contribution < -0.4 is 0 Å². The number of fused-ring (bicyclic) bond motifs is 5. The van der Waals surface area contributed by atoms with E-state index < -0.39 is 0 Å². The average Bonchev–Trinajstić information content (AvgIpc) is 2.83. The summed E-state index contributed by atoms with van der Waals surface area (Å²) >= 11 is 0. The summed E-state index contributed by atoms with van der Waals surface area (Å²) in [5.41, 5.74) is 1.34.